The Morgan fingerprint density at radius 2 is 1.67 bits per heavy atom. The van der Waals surface area contributed by atoms with Gasteiger partial charge in [0.2, 0.25) is 5.91 Å². The molecule has 2 heterocycles. The Kier molecular flexibility index (Phi) is 3.83. The Morgan fingerprint density at radius 3 is 2.56 bits per heavy atom. The highest BCUT2D eigenvalue weighted by atomic mass is 32.2. The molecule has 0 saturated carbocycles. The number of nitrogens with zero attached hydrogens (tertiary/aromatic N) is 1. The molecule has 2 aromatic heterocycles. The van der Waals surface area contributed by atoms with Crippen molar-refractivity contribution in [1.29, 1.82) is 0 Å². The number of amides is 1. The average Bonchev–Trinajstić information content (AvgIpc) is 3.26. The fraction of sp³-hybridized carbons (Fsp3) is 0.0476. The number of benzene rings is 3. The molecule has 0 bridgehead atoms. The summed E-state index contributed by atoms with van der Waals surface area (Å²) >= 11 is 1.27. The number of carbonyl (C=O) groups excluding carboxylic acids is 1. The first-order valence-corrected chi connectivity index (χ1v) is 9.44. The van der Waals surface area contributed by atoms with Gasteiger partial charge in [-0.05, 0) is 30.3 Å². The van der Waals surface area contributed by atoms with E-state index in [0.29, 0.717) is 10.9 Å². The van der Waals surface area contributed by atoms with E-state index in [1.165, 1.54) is 11.8 Å². The number of rotatable bonds is 4. The van der Waals surface area contributed by atoms with Gasteiger partial charge < -0.3 is 14.2 Å². The topological polar surface area (TPSA) is 68.3 Å². The van der Waals surface area contributed by atoms with Crippen LogP contribution in [0.1, 0.15) is 0 Å². The normalized spacial score (nSPS) is 11.4. The molecular formula is C21H14N2O3S. The van der Waals surface area contributed by atoms with Gasteiger partial charge in [0.1, 0.15) is 16.7 Å². The number of hydrogen-bond donors (Lipinski definition) is 1. The van der Waals surface area contributed by atoms with E-state index in [-0.39, 0.29) is 11.7 Å². The second-order valence-electron chi connectivity index (χ2n) is 6.09. The molecule has 0 radical (unpaired) electrons. The lowest BCUT2D eigenvalue weighted by molar-refractivity contribution is -0.113. The zero-order chi connectivity index (χ0) is 18.2. The van der Waals surface area contributed by atoms with Crippen LogP contribution in [-0.2, 0) is 4.79 Å². The fourth-order valence-electron chi connectivity index (χ4n) is 3.04. The Labute approximate surface area is 158 Å². The van der Waals surface area contributed by atoms with Crippen LogP contribution in [0, 0.1) is 0 Å². The molecule has 0 atom stereocenters. The highest BCUT2D eigenvalue weighted by Gasteiger charge is 2.11. The number of oxazole rings is 1. The van der Waals surface area contributed by atoms with Crippen LogP contribution in [0.15, 0.2) is 80.8 Å². The van der Waals surface area contributed by atoms with E-state index < -0.39 is 0 Å². The zero-order valence-corrected chi connectivity index (χ0v) is 15.0. The third kappa shape index (κ3) is 3.04. The van der Waals surface area contributed by atoms with E-state index in [1.54, 1.807) is 0 Å². The summed E-state index contributed by atoms with van der Waals surface area (Å²) in [6.45, 7) is 0. The summed E-state index contributed by atoms with van der Waals surface area (Å²) in [4.78, 5) is 16.6. The lowest BCUT2D eigenvalue weighted by Crippen LogP contribution is -2.13. The summed E-state index contributed by atoms with van der Waals surface area (Å²) in [6, 6.07) is 21.1. The molecule has 0 spiro atoms. The number of hydrogen-bond acceptors (Lipinski definition) is 5. The lowest BCUT2D eigenvalue weighted by atomic mass is 10.1. The Bertz CT molecular complexity index is 1260. The third-order valence-corrected chi connectivity index (χ3v) is 5.09. The van der Waals surface area contributed by atoms with Gasteiger partial charge >= 0.3 is 0 Å². The Hall–Kier alpha value is -3.25. The van der Waals surface area contributed by atoms with Crippen LogP contribution >= 0.6 is 11.8 Å². The number of aromatic nitrogens is 1. The summed E-state index contributed by atoms with van der Waals surface area (Å²) in [7, 11) is 0. The van der Waals surface area contributed by atoms with Crippen molar-refractivity contribution in [3.05, 3.63) is 66.7 Å². The fourth-order valence-corrected chi connectivity index (χ4v) is 3.68. The minimum absolute atomic E-state index is 0.127. The first-order chi connectivity index (χ1) is 13.3. The maximum absolute atomic E-state index is 12.3. The molecule has 0 aliphatic carbocycles. The first-order valence-electron chi connectivity index (χ1n) is 8.46. The van der Waals surface area contributed by atoms with Crippen molar-refractivity contribution < 1.29 is 13.6 Å². The van der Waals surface area contributed by atoms with Crippen LogP contribution in [0.3, 0.4) is 0 Å². The molecule has 3 aromatic carbocycles. The highest BCUT2D eigenvalue weighted by Crippen LogP contribution is 2.30. The lowest BCUT2D eigenvalue weighted by Gasteiger charge is -2.03. The van der Waals surface area contributed by atoms with Crippen LogP contribution in [0.4, 0.5) is 5.69 Å². The van der Waals surface area contributed by atoms with E-state index >= 15 is 0 Å². The second-order valence-corrected chi connectivity index (χ2v) is 7.02. The standard InChI is InChI=1S/C21H14N2O3S/c24-20(12-27-21-23-16-6-2-4-8-18(16)26-21)22-13-9-10-15-14-5-1-3-7-17(14)25-19(15)11-13/h1-11H,12H2,(H,22,24). The average molecular weight is 374 g/mol. The SMILES string of the molecule is O=C(CSc1nc2ccccc2o1)Nc1ccc2c(c1)oc1ccccc12. The molecule has 5 nitrogen and oxygen atoms in total. The second kappa shape index (κ2) is 6.48. The summed E-state index contributed by atoms with van der Waals surface area (Å²) in [5.41, 5.74) is 3.79. The number of para-hydroxylation sites is 3. The number of furan rings is 1. The van der Waals surface area contributed by atoms with Crippen molar-refractivity contribution in [2.75, 3.05) is 11.1 Å². The van der Waals surface area contributed by atoms with Gasteiger partial charge in [0.05, 0.1) is 5.75 Å². The summed E-state index contributed by atoms with van der Waals surface area (Å²) < 4.78 is 11.5. The van der Waals surface area contributed by atoms with Gasteiger partial charge in [-0.25, -0.2) is 4.98 Å². The molecule has 132 valence electrons. The summed E-state index contributed by atoms with van der Waals surface area (Å²) in [5.74, 6) is 0.0862. The van der Waals surface area contributed by atoms with Crippen molar-refractivity contribution in [2.24, 2.45) is 0 Å². The van der Waals surface area contributed by atoms with Gasteiger partial charge in [-0.3, -0.25) is 4.79 Å². The van der Waals surface area contributed by atoms with Gasteiger partial charge in [0.15, 0.2) is 5.58 Å². The monoisotopic (exact) mass is 374 g/mol. The van der Waals surface area contributed by atoms with Crippen LogP contribution in [-0.4, -0.2) is 16.6 Å². The van der Waals surface area contributed by atoms with Gasteiger partial charge in [-0.1, -0.05) is 42.1 Å². The van der Waals surface area contributed by atoms with Crippen LogP contribution in [0.2, 0.25) is 0 Å². The number of carbonyl (C=O) groups is 1. The van der Waals surface area contributed by atoms with Gasteiger partial charge in [-0.2, -0.15) is 0 Å². The number of fused-ring (bicyclic) bond motifs is 4. The molecule has 1 N–H and O–H groups in total. The van der Waals surface area contributed by atoms with Crippen LogP contribution in [0.25, 0.3) is 33.0 Å². The Balaban J connectivity index is 1.30. The summed E-state index contributed by atoms with van der Waals surface area (Å²) in [5, 5.41) is 5.48. The number of nitrogens with one attached hydrogen (secondary N) is 1. The number of thioether (sulfide) groups is 1. The minimum atomic E-state index is -0.127. The molecule has 1 amide bonds. The molecule has 6 heteroatoms. The van der Waals surface area contributed by atoms with Crippen molar-refractivity contribution >= 4 is 56.4 Å². The van der Waals surface area contributed by atoms with E-state index in [1.807, 2.05) is 66.7 Å². The molecule has 0 unspecified atom stereocenters. The van der Waals surface area contributed by atoms with E-state index in [4.69, 9.17) is 8.83 Å². The molecule has 5 aromatic rings. The largest absolute Gasteiger partial charge is 0.456 e. The van der Waals surface area contributed by atoms with Crippen LogP contribution < -0.4 is 5.32 Å². The molecule has 5 rings (SSSR count). The molecule has 27 heavy (non-hydrogen) atoms. The van der Waals surface area contributed by atoms with Crippen molar-refractivity contribution in [3.8, 4) is 0 Å². The van der Waals surface area contributed by atoms with Crippen molar-refractivity contribution in [3.63, 3.8) is 0 Å². The van der Waals surface area contributed by atoms with E-state index in [9.17, 15) is 4.79 Å². The van der Waals surface area contributed by atoms with Crippen LogP contribution in [0.5, 0.6) is 0 Å². The highest BCUT2D eigenvalue weighted by molar-refractivity contribution is 7.99. The molecule has 0 fully saturated rings. The maximum atomic E-state index is 12.3. The predicted octanol–water partition coefficient (Wildman–Crippen LogP) is 5.46. The predicted molar refractivity (Wildman–Crippen MR) is 107 cm³/mol. The summed E-state index contributed by atoms with van der Waals surface area (Å²) in [6.07, 6.45) is 0. The van der Waals surface area contributed by atoms with E-state index in [2.05, 4.69) is 10.3 Å². The van der Waals surface area contributed by atoms with E-state index in [0.717, 1.165) is 33.0 Å². The third-order valence-electron chi connectivity index (χ3n) is 4.26. The first kappa shape index (κ1) is 16.0. The smallest absolute Gasteiger partial charge is 0.257 e. The zero-order valence-electron chi connectivity index (χ0n) is 14.1. The van der Waals surface area contributed by atoms with Gasteiger partial charge in [0.25, 0.3) is 5.22 Å². The maximum Gasteiger partial charge on any atom is 0.257 e. The van der Waals surface area contributed by atoms with Gasteiger partial charge in [0, 0.05) is 22.5 Å². The molecule has 0 aliphatic rings. The van der Waals surface area contributed by atoms with Gasteiger partial charge in [-0.15, -0.1) is 0 Å². The quantitative estimate of drug-likeness (QED) is 0.423. The molecule has 0 saturated heterocycles. The van der Waals surface area contributed by atoms with Crippen molar-refractivity contribution in [1.82, 2.24) is 4.98 Å². The Morgan fingerprint density at radius 1 is 0.889 bits per heavy atom. The minimum Gasteiger partial charge on any atom is -0.456 e. The molecular weight excluding hydrogens is 360 g/mol. The van der Waals surface area contributed by atoms with Crippen molar-refractivity contribution in [2.45, 2.75) is 5.22 Å². The number of anilines is 1. The molecule has 0 aliphatic heterocycles.